The highest BCUT2D eigenvalue weighted by Gasteiger charge is 2.37. The van der Waals surface area contributed by atoms with Gasteiger partial charge in [0.15, 0.2) is 11.7 Å². The predicted octanol–water partition coefficient (Wildman–Crippen LogP) is 1.10. The van der Waals surface area contributed by atoms with E-state index >= 15 is 0 Å². The van der Waals surface area contributed by atoms with Crippen molar-refractivity contribution in [2.45, 2.75) is 18.9 Å². The number of likely N-dealkylation sites (tertiary alicyclic amines) is 1. The second-order valence-corrected chi connectivity index (χ2v) is 8.60. The van der Waals surface area contributed by atoms with E-state index in [0.29, 0.717) is 23.5 Å². The summed E-state index contributed by atoms with van der Waals surface area (Å²) in [6.07, 6.45) is 1.12. The minimum Gasteiger partial charge on any atom is -0.326 e. The molecule has 2 N–H and O–H groups in total. The van der Waals surface area contributed by atoms with Crippen LogP contribution in [0.5, 0.6) is 0 Å². The third-order valence-corrected chi connectivity index (χ3v) is 6.58. The maximum absolute atomic E-state index is 12.6. The number of anilines is 1. The number of aromatic nitrogens is 2. The predicted molar refractivity (Wildman–Crippen MR) is 105 cm³/mol. The largest absolute Gasteiger partial charge is 0.326 e. The zero-order valence-corrected chi connectivity index (χ0v) is 15.7. The lowest BCUT2D eigenvalue weighted by atomic mass is 9.83. The summed E-state index contributed by atoms with van der Waals surface area (Å²) in [6, 6.07) is 13.5. The summed E-state index contributed by atoms with van der Waals surface area (Å²) >= 11 is 1.51. The Hall–Kier alpha value is -2.51. The number of nitrogens with one attached hydrogen (secondary N) is 2. The summed E-state index contributed by atoms with van der Waals surface area (Å²) < 4.78 is 3.01. The normalized spacial score (nSPS) is 23.8. The van der Waals surface area contributed by atoms with Gasteiger partial charge in [0.05, 0.1) is 23.3 Å². The fraction of sp³-hybridized carbons (Fsp3) is 0.350. The Morgan fingerprint density at radius 3 is 3.00 bits per heavy atom. The Kier molecular flexibility index (Phi) is 4.06. The topological polar surface area (TPSA) is 68.4 Å². The number of thiazole rings is 1. The molecule has 6 nitrogen and oxygen atoms in total. The third-order valence-electron chi connectivity index (χ3n) is 5.62. The van der Waals surface area contributed by atoms with Gasteiger partial charge in [0.2, 0.25) is 0 Å². The van der Waals surface area contributed by atoms with Gasteiger partial charge in [-0.15, -0.1) is 0 Å². The van der Waals surface area contributed by atoms with Crippen LogP contribution in [0.15, 0.2) is 47.3 Å². The molecule has 1 aromatic carbocycles. The number of pyridine rings is 1. The summed E-state index contributed by atoms with van der Waals surface area (Å²) in [6.45, 7) is 3.05. The SMILES string of the molecule is O=C(C[NH+]1C[C@@H]2C[C@H](C1)c1cccc(=O)n1C2)Nc1nc2ccccc2s1. The maximum atomic E-state index is 12.6. The van der Waals surface area contributed by atoms with Crippen LogP contribution < -0.4 is 15.8 Å². The first-order chi connectivity index (χ1) is 13.2. The number of rotatable bonds is 3. The van der Waals surface area contributed by atoms with Crippen molar-refractivity contribution in [1.82, 2.24) is 9.55 Å². The highest BCUT2D eigenvalue weighted by Crippen LogP contribution is 2.30. The molecule has 0 saturated carbocycles. The van der Waals surface area contributed by atoms with Crippen molar-refractivity contribution in [3.05, 3.63) is 58.5 Å². The number of hydrogen-bond donors (Lipinski definition) is 2. The van der Waals surface area contributed by atoms with Crippen LogP contribution >= 0.6 is 11.3 Å². The lowest BCUT2D eigenvalue weighted by Crippen LogP contribution is -3.15. The van der Waals surface area contributed by atoms with Crippen molar-refractivity contribution >= 4 is 32.6 Å². The highest BCUT2D eigenvalue weighted by molar-refractivity contribution is 7.22. The van der Waals surface area contributed by atoms with E-state index in [9.17, 15) is 9.59 Å². The van der Waals surface area contributed by atoms with Crippen LogP contribution in [0.2, 0.25) is 0 Å². The Bertz CT molecular complexity index is 1040. The number of amides is 1. The van der Waals surface area contributed by atoms with E-state index in [1.54, 1.807) is 6.07 Å². The number of hydrogen-bond acceptors (Lipinski definition) is 4. The Morgan fingerprint density at radius 2 is 2.11 bits per heavy atom. The highest BCUT2D eigenvalue weighted by atomic mass is 32.1. The maximum Gasteiger partial charge on any atom is 0.281 e. The van der Waals surface area contributed by atoms with Crippen molar-refractivity contribution in [1.29, 1.82) is 0 Å². The Morgan fingerprint density at radius 1 is 1.22 bits per heavy atom. The number of fused-ring (bicyclic) bond motifs is 5. The first-order valence-electron chi connectivity index (χ1n) is 9.34. The molecule has 3 aromatic rings. The fourth-order valence-corrected chi connectivity index (χ4v) is 5.46. The van der Waals surface area contributed by atoms with E-state index in [4.69, 9.17) is 0 Å². The minimum atomic E-state index is 0.00878. The molecule has 4 heterocycles. The zero-order chi connectivity index (χ0) is 18.4. The van der Waals surface area contributed by atoms with Crippen LogP contribution in [0.25, 0.3) is 10.2 Å². The van der Waals surface area contributed by atoms with Crippen molar-refractivity contribution in [2.75, 3.05) is 25.0 Å². The second-order valence-electron chi connectivity index (χ2n) is 7.57. The summed E-state index contributed by atoms with van der Waals surface area (Å²) in [4.78, 5) is 30.4. The molecule has 2 bridgehead atoms. The van der Waals surface area contributed by atoms with Gasteiger partial charge in [-0.2, -0.15) is 0 Å². The molecule has 0 aliphatic carbocycles. The van der Waals surface area contributed by atoms with Crippen LogP contribution in [0.3, 0.4) is 0 Å². The summed E-state index contributed by atoms with van der Waals surface area (Å²) in [7, 11) is 0. The van der Waals surface area contributed by atoms with Gasteiger partial charge in [0.25, 0.3) is 11.5 Å². The molecule has 138 valence electrons. The minimum absolute atomic E-state index is 0.00878. The summed E-state index contributed by atoms with van der Waals surface area (Å²) in [5, 5.41) is 3.63. The van der Waals surface area contributed by atoms with E-state index < -0.39 is 0 Å². The molecule has 27 heavy (non-hydrogen) atoms. The van der Waals surface area contributed by atoms with Gasteiger partial charge < -0.3 is 9.47 Å². The standard InChI is InChI=1S/C20H20N4O2S/c25-18(22-20-21-15-4-1-2-6-17(15)27-20)12-23-9-13-8-14(11-23)16-5-3-7-19(26)24(16)10-13/h1-7,13-14H,8-12H2,(H,21,22,25)/p+1/t13-,14+/m0/s1. The second kappa shape index (κ2) is 6.58. The zero-order valence-electron chi connectivity index (χ0n) is 14.9. The molecule has 3 atom stereocenters. The van der Waals surface area contributed by atoms with Crippen molar-refractivity contribution < 1.29 is 9.69 Å². The third kappa shape index (κ3) is 3.17. The van der Waals surface area contributed by atoms with Gasteiger partial charge >= 0.3 is 0 Å². The van der Waals surface area contributed by atoms with Crippen molar-refractivity contribution in [3.8, 4) is 0 Å². The van der Waals surface area contributed by atoms with Crippen molar-refractivity contribution in [2.24, 2.45) is 5.92 Å². The van der Waals surface area contributed by atoms with Gasteiger partial charge in [0, 0.05) is 30.1 Å². The molecular formula is C20H21N4O2S+. The number of carbonyl (C=O) groups excluding carboxylic acids is 1. The number of para-hydroxylation sites is 1. The molecule has 1 unspecified atom stereocenters. The van der Waals surface area contributed by atoms with Gasteiger partial charge in [-0.1, -0.05) is 29.5 Å². The average molecular weight is 381 g/mol. The van der Waals surface area contributed by atoms with Gasteiger partial charge in [-0.25, -0.2) is 4.98 Å². The first-order valence-corrected chi connectivity index (χ1v) is 10.2. The number of piperidine rings is 1. The lowest BCUT2D eigenvalue weighted by molar-refractivity contribution is -0.903. The number of benzene rings is 1. The number of nitrogens with zero attached hydrogens (tertiary/aromatic N) is 2. The molecule has 2 aliphatic heterocycles. The summed E-state index contributed by atoms with van der Waals surface area (Å²) in [5.74, 6) is 0.827. The van der Waals surface area contributed by atoms with E-state index in [1.807, 2.05) is 34.9 Å². The monoisotopic (exact) mass is 381 g/mol. The smallest absolute Gasteiger partial charge is 0.281 e. The van der Waals surface area contributed by atoms with Crippen LogP contribution in [-0.2, 0) is 11.3 Å². The number of quaternary nitrogens is 1. The Balaban J connectivity index is 1.28. The van der Waals surface area contributed by atoms with E-state index in [0.717, 1.165) is 42.0 Å². The van der Waals surface area contributed by atoms with E-state index in [1.165, 1.54) is 16.2 Å². The molecule has 5 rings (SSSR count). The molecule has 2 aliphatic rings. The number of carbonyl (C=O) groups is 1. The first kappa shape index (κ1) is 16.6. The van der Waals surface area contributed by atoms with Gasteiger partial charge in [0.1, 0.15) is 0 Å². The molecule has 0 spiro atoms. The van der Waals surface area contributed by atoms with Gasteiger partial charge in [-0.3, -0.25) is 14.9 Å². The Labute approximate surface area is 160 Å². The van der Waals surface area contributed by atoms with Crippen LogP contribution in [0, 0.1) is 5.92 Å². The van der Waals surface area contributed by atoms with Gasteiger partial charge in [-0.05, 0) is 24.6 Å². The summed E-state index contributed by atoms with van der Waals surface area (Å²) in [5.41, 5.74) is 2.14. The van der Waals surface area contributed by atoms with E-state index in [2.05, 4.69) is 16.4 Å². The average Bonchev–Trinajstić information content (AvgIpc) is 3.04. The van der Waals surface area contributed by atoms with Crippen LogP contribution in [0.1, 0.15) is 18.0 Å². The molecule has 2 aromatic heterocycles. The van der Waals surface area contributed by atoms with Crippen LogP contribution in [0.4, 0.5) is 5.13 Å². The molecule has 7 heteroatoms. The molecule has 1 fully saturated rings. The van der Waals surface area contributed by atoms with E-state index in [-0.39, 0.29) is 11.5 Å². The molecule has 0 radical (unpaired) electrons. The molecule has 1 amide bonds. The molecule has 1 saturated heterocycles. The lowest BCUT2D eigenvalue weighted by Gasteiger charge is -2.40. The van der Waals surface area contributed by atoms with Crippen molar-refractivity contribution in [3.63, 3.8) is 0 Å². The fourth-order valence-electron chi connectivity index (χ4n) is 4.58. The van der Waals surface area contributed by atoms with Crippen LogP contribution in [-0.4, -0.2) is 35.1 Å². The molecular weight excluding hydrogens is 360 g/mol. The quantitative estimate of drug-likeness (QED) is 0.714.